The van der Waals surface area contributed by atoms with Gasteiger partial charge in [0.1, 0.15) is 17.6 Å². The van der Waals surface area contributed by atoms with E-state index in [4.69, 9.17) is 13.9 Å². The van der Waals surface area contributed by atoms with Crippen molar-refractivity contribution in [3.8, 4) is 5.75 Å². The molecule has 0 bridgehead atoms. The molecule has 0 unspecified atom stereocenters. The molecule has 156 valence electrons. The zero-order chi connectivity index (χ0) is 20.5. The quantitative estimate of drug-likeness (QED) is 0.773. The molecule has 7 nitrogen and oxygen atoms in total. The van der Waals surface area contributed by atoms with Crippen LogP contribution in [0, 0.1) is 25.7 Å². The standard InChI is InChI=1S/C22H28N2O5/c1-13-4-6-19(14(2)23-13)29-21-9-16-11-24(10-15(16)8-18(21)25)12-17-5-7-20(28-17)22(26)27-3/h4-7,15-16,18,21,25H,8-12H2,1-3H3/t15-,16+,18+,21+/m0/s1. The minimum absolute atomic E-state index is 0.214. The fraction of sp³-hybridized carbons (Fsp3) is 0.545. The highest BCUT2D eigenvalue weighted by atomic mass is 16.5. The van der Waals surface area contributed by atoms with Crippen LogP contribution in [0.5, 0.6) is 5.75 Å². The van der Waals surface area contributed by atoms with E-state index < -0.39 is 12.1 Å². The second-order valence-corrected chi connectivity index (χ2v) is 8.20. The Morgan fingerprint density at radius 2 is 1.97 bits per heavy atom. The number of aliphatic hydroxyl groups excluding tert-OH is 1. The third-order valence-corrected chi connectivity index (χ3v) is 6.04. The number of aryl methyl sites for hydroxylation is 2. The van der Waals surface area contributed by atoms with Crippen LogP contribution in [0.2, 0.25) is 0 Å². The molecule has 2 aromatic heterocycles. The molecular formula is C22H28N2O5. The monoisotopic (exact) mass is 400 g/mol. The van der Waals surface area contributed by atoms with E-state index >= 15 is 0 Å². The van der Waals surface area contributed by atoms with Gasteiger partial charge in [-0.1, -0.05) is 0 Å². The van der Waals surface area contributed by atoms with Gasteiger partial charge in [-0.2, -0.15) is 0 Å². The SMILES string of the molecule is COC(=O)c1ccc(CN2C[C@H]3C[C@@H](Oc4ccc(C)nc4C)[C@H](O)C[C@H]3C2)o1. The van der Waals surface area contributed by atoms with Gasteiger partial charge in [-0.15, -0.1) is 0 Å². The summed E-state index contributed by atoms with van der Waals surface area (Å²) in [4.78, 5) is 18.3. The molecule has 0 spiro atoms. The number of carbonyl (C=O) groups is 1. The first kappa shape index (κ1) is 19.9. The van der Waals surface area contributed by atoms with E-state index in [9.17, 15) is 9.90 Å². The molecule has 2 aromatic rings. The number of aliphatic hydroxyl groups is 1. The van der Waals surface area contributed by atoms with Crippen molar-refractivity contribution in [2.24, 2.45) is 11.8 Å². The number of methoxy groups -OCH3 is 1. The lowest BCUT2D eigenvalue weighted by Gasteiger charge is -2.35. The predicted octanol–water partition coefficient (Wildman–Crippen LogP) is 2.73. The van der Waals surface area contributed by atoms with E-state index in [2.05, 4.69) is 9.88 Å². The maximum absolute atomic E-state index is 11.6. The molecular weight excluding hydrogens is 372 g/mol. The molecule has 2 fully saturated rings. The van der Waals surface area contributed by atoms with E-state index in [1.165, 1.54) is 7.11 Å². The zero-order valence-electron chi connectivity index (χ0n) is 17.1. The van der Waals surface area contributed by atoms with Gasteiger partial charge in [0, 0.05) is 18.8 Å². The second-order valence-electron chi connectivity index (χ2n) is 8.20. The van der Waals surface area contributed by atoms with E-state index in [-0.39, 0.29) is 11.9 Å². The number of rotatable bonds is 5. The van der Waals surface area contributed by atoms with Gasteiger partial charge >= 0.3 is 5.97 Å². The van der Waals surface area contributed by atoms with Crippen LogP contribution in [0.4, 0.5) is 0 Å². The smallest absolute Gasteiger partial charge is 0.373 e. The maximum atomic E-state index is 11.6. The Kier molecular flexibility index (Phi) is 5.61. The summed E-state index contributed by atoms with van der Waals surface area (Å²) in [5.74, 6) is 2.17. The molecule has 3 heterocycles. The Morgan fingerprint density at radius 3 is 2.69 bits per heavy atom. The number of furan rings is 1. The molecule has 1 aliphatic heterocycles. The Labute approximate surface area is 170 Å². The number of hydrogen-bond acceptors (Lipinski definition) is 7. The molecule has 4 rings (SSSR count). The summed E-state index contributed by atoms with van der Waals surface area (Å²) in [6.45, 7) is 6.37. The van der Waals surface area contributed by atoms with Gasteiger partial charge in [0.05, 0.1) is 25.5 Å². The second kappa shape index (κ2) is 8.16. The number of ether oxygens (including phenoxy) is 2. The van der Waals surface area contributed by atoms with E-state index in [1.807, 2.05) is 32.0 Å². The summed E-state index contributed by atoms with van der Waals surface area (Å²) in [7, 11) is 1.34. The van der Waals surface area contributed by atoms with Crippen molar-refractivity contribution < 1.29 is 23.8 Å². The van der Waals surface area contributed by atoms with E-state index in [1.54, 1.807) is 6.07 Å². The van der Waals surface area contributed by atoms with Crippen molar-refractivity contribution >= 4 is 5.97 Å². The molecule has 0 radical (unpaired) electrons. The van der Waals surface area contributed by atoms with Crippen LogP contribution in [-0.4, -0.2) is 53.4 Å². The molecule has 4 atom stereocenters. The fourth-order valence-corrected chi connectivity index (χ4v) is 4.60. The molecule has 1 saturated heterocycles. The highest BCUT2D eigenvalue weighted by Gasteiger charge is 2.42. The summed E-state index contributed by atoms with van der Waals surface area (Å²) in [6.07, 6.45) is 0.858. The van der Waals surface area contributed by atoms with Gasteiger partial charge < -0.3 is 19.0 Å². The van der Waals surface area contributed by atoms with Crippen LogP contribution < -0.4 is 4.74 Å². The minimum Gasteiger partial charge on any atom is -0.486 e. The Bertz CT molecular complexity index is 880. The molecule has 0 aromatic carbocycles. The van der Waals surface area contributed by atoms with E-state index in [0.717, 1.165) is 48.8 Å². The number of likely N-dealkylation sites (tertiary alicyclic amines) is 1. The lowest BCUT2D eigenvalue weighted by molar-refractivity contribution is -0.0236. The summed E-state index contributed by atoms with van der Waals surface area (Å²) in [6, 6.07) is 7.34. The first-order chi connectivity index (χ1) is 13.9. The van der Waals surface area contributed by atoms with Crippen molar-refractivity contribution in [3.63, 3.8) is 0 Å². The lowest BCUT2D eigenvalue weighted by Crippen LogP contribution is -2.42. The van der Waals surface area contributed by atoms with Crippen LogP contribution in [-0.2, 0) is 11.3 Å². The fourth-order valence-electron chi connectivity index (χ4n) is 4.60. The van der Waals surface area contributed by atoms with Gasteiger partial charge in [0.15, 0.2) is 0 Å². The number of nitrogens with zero attached hydrogens (tertiary/aromatic N) is 2. The first-order valence-electron chi connectivity index (χ1n) is 10.1. The van der Waals surface area contributed by atoms with Gasteiger partial charge in [-0.25, -0.2) is 4.79 Å². The number of esters is 1. The summed E-state index contributed by atoms with van der Waals surface area (Å²) < 4.78 is 16.4. The molecule has 1 N–H and O–H groups in total. The van der Waals surface area contributed by atoms with Gasteiger partial charge in [0.25, 0.3) is 0 Å². The molecule has 29 heavy (non-hydrogen) atoms. The van der Waals surface area contributed by atoms with Gasteiger partial charge in [0.2, 0.25) is 5.76 Å². The third-order valence-electron chi connectivity index (χ3n) is 6.04. The normalized spacial score (nSPS) is 26.9. The number of pyridine rings is 1. The summed E-state index contributed by atoms with van der Waals surface area (Å²) in [5.41, 5.74) is 1.81. The highest BCUT2D eigenvalue weighted by Crippen LogP contribution is 2.38. The number of aromatic nitrogens is 1. The number of hydrogen-bond donors (Lipinski definition) is 1. The Balaban J connectivity index is 1.37. The Morgan fingerprint density at radius 1 is 1.21 bits per heavy atom. The van der Waals surface area contributed by atoms with Crippen LogP contribution in [0.1, 0.15) is 40.5 Å². The topological polar surface area (TPSA) is 85.0 Å². The van der Waals surface area contributed by atoms with Crippen LogP contribution in [0.3, 0.4) is 0 Å². The predicted molar refractivity (Wildman–Crippen MR) is 106 cm³/mol. The van der Waals surface area contributed by atoms with Crippen LogP contribution in [0.15, 0.2) is 28.7 Å². The van der Waals surface area contributed by atoms with Crippen molar-refractivity contribution in [2.75, 3.05) is 20.2 Å². The van der Waals surface area contributed by atoms with Crippen molar-refractivity contribution in [3.05, 3.63) is 47.2 Å². The number of carbonyl (C=O) groups excluding carboxylic acids is 1. The average Bonchev–Trinajstić information content (AvgIpc) is 3.30. The van der Waals surface area contributed by atoms with Gasteiger partial charge in [-0.05, 0) is 62.8 Å². The zero-order valence-corrected chi connectivity index (χ0v) is 17.1. The summed E-state index contributed by atoms with van der Waals surface area (Å²) >= 11 is 0. The minimum atomic E-state index is -0.480. The average molecular weight is 400 g/mol. The largest absolute Gasteiger partial charge is 0.486 e. The van der Waals surface area contributed by atoms with Crippen LogP contribution in [0.25, 0.3) is 0 Å². The molecule has 1 aliphatic carbocycles. The maximum Gasteiger partial charge on any atom is 0.373 e. The number of fused-ring (bicyclic) bond motifs is 1. The van der Waals surface area contributed by atoms with Gasteiger partial charge in [-0.3, -0.25) is 9.88 Å². The Hall–Kier alpha value is -2.38. The molecule has 0 amide bonds. The summed E-state index contributed by atoms with van der Waals surface area (Å²) in [5, 5.41) is 10.7. The molecule has 2 aliphatic rings. The van der Waals surface area contributed by atoms with E-state index in [0.29, 0.717) is 18.4 Å². The van der Waals surface area contributed by atoms with Crippen molar-refractivity contribution in [1.82, 2.24) is 9.88 Å². The lowest BCUT2D eigenvalue weighted by atomic mass is 9.78. The highest BCUT2D eigenvalue weighted by molar-refractivity contribution is 5.86. The molecule has 7 heteroatoms. The molecule has 1 saturated carbocycles. The first-order valence-corrected chi connectivity index (χ1v) is 10.1. The van der Waals surface area contributed by atoms with Crippen molar-refractivity contribution in [2.45, 2.75) is 45.4 Å². The van der Waals surface area contributed by atoms with Crippen LogP contribution >= 0.6 is 0 Å². The van der Waals surface area contributed by atoms with Crippen molar-refractivity contribution in [1.29, 1.82) is 0 Å². The third kappa shape index (κ3) is 4.31.